The first kappa shape index (κ1) is 10.5. The summed E-state index contributed by atoms with van der Waals surface area (Å²) in [5.41, 5.74) is 0. The fourth-order valence-corrected chi connectivity index (χ4v) is 1.70. The molecule has 1 saturated carbocycles. The van der Waals surface area contributed by atoms with E-state index in [-0.39, 0.29) is 5.75 Å². The van der Waals surface area contributed by atoms with Crippen LogP contribution in [0.15, 0.2) is 0 Å². The van der Waals surface area contributed by atoms with Gasteiger partial charge in [0.05, 0.1) is 11.6 Å². The quantitative estimate of drug-likeness (QED) is 0.531. The zero-order chi connectivity index (χ0) is 10.1. The highest BCUT2D eigenvalue weighted by Gasteiger charge is 2.28. The molecule has 0 atom stereocenters. The van der Waals surface area contributed by atoms with E-state index in [2.05, 4.69) is 0 Å². The Kier molecular flexibility index (Phi) is 2.95. The molecule has 1 rings (SSSR count). The van der Waals surface area contributed by atoms with E-state index in [1.807, 2.05) is 0 Å². The van der Waals surface area contributed by atoms with Crippen LogP contribution in [0.2, 0.25) is 0 Å². The molecule has 76 valence electrons. The molecule has 0 bridgehead atoms. The summed E-state index contributed by atoms with van der Waals surface area (Å²) in [6, 6.07) is 0. The first-order valence-corrected chi connectivity index (χ1v) is 6.43. The van der Waals surface area contributed by atoms with Crippen molar-refractivity contribution in [3.63, 3.8) is 0 Å². The Labute approximate surface area is 79.4 Å². The summed E-state index contributed by atoms with van der Waals surface area (Å²) < 4.78 is 21.7. The summed E-state index contributed by atoms with van der Waals surface area (Å²) in [6.45, 7) is 0.439. The molecule has 0 unspecified atom stereocenters. The monoisotopic (exact) mass is 204 g/mol. The number of sulfone groups is 1. The van der Waals surface area contributed by atoms with Crippen LogP contribution in [-0.4, -0.2) is 44.8 Å². The van der Waals surface area contributed by atoms with E-state index in [0.29, 0.717) is 18.3 Å². The van der Waals surface area contributed by atoms with Gasteiger partial charge in [-0.3, -0.25) is 5.41 Å². The fraction of sp³-hybridized carbons (Fsp3) is 0.875. The maximum absolute atomic E-state index is 10.8. The standard InChI is InChI=1S/C8H16N2O2S/c1-10(5-6-13(2,11)12)8(9)7-3-4-7/h7,9H,3-6H2,1-2H3. The van der Waals surface area contributed by atoms with Crippen molar-refractivity contribution in [3.8, 4) is 0 Å². The third-order valence-corrected chi connectivity index (χ3v) is 3.10. The van der Waals surface area contributed by atoms with Gasteiger partial charge in [0.2, 0.25) is 0 Å². The Balaban J connectivity index is 2.32. The van der Waals surface area contributed by atoms with Gasteiger partial charge in [-0.15, -0.1) is 0 Å². The van der Waals surface area contributed by atoms with Gasteiger partial charge >= 0.3 is 0 Å². The fourth-order valence-electron chi connectivity index (χ4n) is 1.09. The van der Waals surface area contributed by atoms with Gasteiger partial charge in [0.15, 0.2) is 0 Å². The van der Waals surface area contributed by atoms with Crippen molar-refractivity contribution in [2.45, 2.75) is 12.8 Å². The van der Waals surface area contributed by atoms with Crippen LogP contribution < -0.4 is 0 Å². The Morgan fingerprint density at radius 1 is 1.54 bits per heavy atom. The van der Waals surface area contributed by atoms with Crippen LogP contribution in [0.3, 0.4) is 0 Å². The van der Waals surface area contributed by atoms with Crippen molar-refractivity contribution >= 4 is 15.7 Å². The van der Waals surface area contributed by atoms with E-state index in [4.69, 9.17) is 5.41 Å². The van der Waals surface area contributed by atoms with Crippen molar-refractivity contribution in [2.24, 2.45) is 5.92 Å². The summed E-state index contributed by atoms with van der Waals surface area (Å²) in [7, 11) is -1.11. The summed E-state index contributed by atoms with van der Waals surface area (Å²) in [5, 5.41) is 7.65. The van der Waals surface area contributed by atoms with Gasteiger partial charge in [-0.25, -0.2) is 8.42 Å². The SMILES string of the molecule is CN(CCS(C)(=O)=O)C(=N)C1CC1. The second-order valence-electron chi connectivity index (χ2n) is 3.71. The molecule has 0 saturated heterocycles. The zero-order valence-corrected chi connectivity index (χ0v) is 8.89. The van der Waals surface area contributed by atoms with E-state index >= 15 is 0 Å². The molecule has 0 radical (unpaired) electrons. The van der Waals surface area contributed by atoms with Crippen LogP contribution in [0.1, 0.15) is 12.8 Å². The van der Waals surface area contributed by atoms with Crippen molar-refractivity contribution in [1.82, 2.24) is 4.90 Å². The Morgan fingerprint density at radius 2 is 2.08 bits per heavy atom. The summed E-state index contributed by atoms with van der Waals surface area (Å²) in [5.74, 6) is 1.12. The number of hydrogen-bond donors (Lipinski definition) is 1. The molecule has 1 N–H and O–H groups in total. The predicted octanol–water partition coefficient (Wildman–Crippen LogP) is 0.350. The van der Waals surface area contributed by atoms with Crippen LogP contribution >= 0.6 is 0 Å². The van der Waals surface area contributed by atoms with Crippen LogP contribution in [0, 0.1) is 11.3 Å². The molecule has 0 aromatic heterocycles. The average Bonchev–Trinajstić information content (AvgIpc) is 2.79. The maximum Gasteiger partial charge on any atom is 0.149 e. The van der Waals surface area contributed by atoms with Gasteiger partial charge in [-0.05, 0) is 12.8 Å². The summed E-state index contributed by atoms with van der Waals surface area (Å²) in [6.07, 6.45) is 3.39. The van der Waals surface area contributed by atoms with Gasteiger partial charge in [0.25, 0.3) is 0 Å². The topological polar surface area (TPSA) is 61.2 Å². The molecule has 0 aliphatic heterocycles. The van der Waals surface area contributed by atoms with Gasteiger partial charge in [0.1, 0.15) is 9.84 Å². The molecule has 0 spiro atoms. The first-order valence-electron chi connectivity index (χ1n) is 4.37. The van der Waals surface area contributed by atoms with Gasteiger partial charge in [0, 0.05) is 25.8 Å². The molecule has 0 heterocycles. The molecule has 0 aromatic rings. The molecule has 13 heavy (non-hydrogen) atoms. The van der Waals surface area contributed by atoms with Gasteiger partial charge in [-0.2, -0.15) is 0 Å². The number of amidine groups is 1. The molecule has 4 nitrogen and oxygen atoms in total. The lowest BCUT2D eigenvalue weighted by Crippen LogP contribution is -2.31. The smallest absolute Gasteiger partial charge is 0.149 e. The van der Waals surface area contributed by atoms with Crippen molar-refractivity contribution in [3.05, 3.63) is 0 Å². The third-order valence-electron chi connectivity index (χ3n) is 2.17. The lowest BCUT2D eigenvalue weighted by atomic mass is 10.3. The minimum atomic E-state index is -2.90. The van der Waals surface area contributed by atoms with Crippen molar-refractivity contribution in [1.29, 1.82) is 5.41 Å². The second kappa shape index (κ2) is 3.65. The van der Waals surface area contributed by atoms with E-state index in [1.54, 1.807) is 11.9 Å². The number of hydrogen-bond acceptors (Lipinski definition) is 3. The third kappa shape index (κ3) is 3.76. The number of nitrogens with one attached hydrogen (secondary N) is 1. The first-order chi connectivity index (χ1) is 5.90. The van der Waals surface area contributed by atoms with Gasteiger partial charge < -0.3 is 4.90 Å². The molecule has 1 aliphatic rings. The van der Waals surface area contributed by atoms with Crippen LogP contribution in [0.5, 0.6) is 0 Å². The number of nitrogens with zero attached hydrogens (tertiary/aromatic N) is 1. The highest BCUT2D eigenvalue weighted by atomic mass is 32.2. The Bertz CT molecular complexity index is 293. The van der Waals surface area contributed by atoms with Crippen LogP contribution in [0.4, 0.5) is 0 Å². The lowest BCUT2D eigenvalue weighted by Gasteiger charge is -2.18. The van der Waals surface area contributed by atoms with E-state index < -0.39 is 9.84 Å². The van der Waals surface area contributed by atoms with Crippen LogP contribution in [-0.2, 0) is 9.84 Å². The molecule has 5 heteroatoms. The molecule has 1 aliphatic carbocycles. The molecule has 0 amide bonds. The summed E-state index contributed by atoms with van der Waals surface area (Å²) >= 11 is 0. The predicted molar refractivity (Wildman–Crippen MR) is 52.8 cm³/mol. The molecular formula is C8H16N2O2S. The van der Waals surface area contributed by atoms with E-state index in [9.17, 15) is 8.42 Å². The average molecular weight is 204 g/mol. The highest BCUT2D eigenvalue weighted by molar-refractivity contribution is 7.90. The minimum absolute atomic E-state index is 0.137. The lowest BCUT2D eigenvalue weighted by molar-refractivity contribution is 0.508. The minimum Gasteiger partial charge on any atom is -0.362 e. The van der Waals surface area contributed by atoms with E-state index in [0.717, 1.165) is 12.8 Å². The van der Waals surface area contributed by atoms with E-state index in [1.165, 1.54) is 6.26 Å². The van der Waals surface area contributed by atoms with Crippen LogP contribution in [0.25, 0.3) is 0 Å². The Hall–Kier alpha value is -0.580. The largest absolute Gasteiger partial charge is 0.362 e. The highest BCUT2D eigenvalue weighted by Crippen LogP contribution is 2.30. The zero-order valence-electron chi connectivity index (χ0n) is 8.08. The maximum atomic E-state index is 10.8. The normalized spacial score (nSPS) is 17.1. The van der Waals surface area contributed by atoms with Gasteiger partial charge in [-0.1, -0.05) is 0 Å². The molecule has 1 fully saturated rings. The van der Waals surface area contributed by atoms with Crippen molar-refractivity contribution < 1.29 is 8.42 Å². The molecular weight excluding hydrogens is 188 g/mol. The summed E-state index contributed by atoms with van der Waals surface area (Å²) in [4.78, 5) is 1.73. The number of rotatable bonds is 4. The van der Waals surface area contributed by atoms with Crippen molar-refractivity contribution in [2.75, 3.05) is 25.6 Å². The molecule has 0 aromatic carbocycles. The Morgan fingerprint density at radius 3 is 2.46 bits per heavy atom. The second-order valence-corrected chi connectivity index (χ2v) is 5.97.